The van der Waals surface area contributed by atoms with Gasteiger partial charge in [-0.15, -0.1) is 16.4 Å². The quantitative estimate of drug-likeness (QED) is 0.354. The first-order chi connectivity index (χ1) is 15.4. The number of carbonyl (C=O) groups excluding carboxylic acids is 1. The maximum atomic E-state index is 12.8. The van der Waals surface area contributed by atoms with Crippen LogP contribution in [-0.4, -0.2) is 21.1 Å². The molecule has 32 heavy (non-hydrogen) atoms. The summed E-state index contributed by atoms with van der Waals surface area (Å²) in [6.07, 6.45) is 1.96. The number of nitrogens with zero attached hydrogens (tertiary/aromatic N) is 2. The number of anilines is 1. The van der Waals surface area contributed by atoms with E-state index in [1.807, 2.05) is 32.2 Å². The van der Waals surface area contributed by atoms with E-state index in [9.17, 15) is 4.79 Å². The number of H-pyrrole nitrogens is 1. The lowest BCUT2D eigenvalue weighted by molar-refractivity contribution is 0.0956. The molecule has 160 valence electrons. The Morgan fingerprint density at radius 3 is 2.62 bits per heavy atom. The summed E-state index contributed by atoms with van der Waals surface area (Å²) in [4.78, 5) is 17.2. The first kappa shape index (κ1) is 20.2. The summed E-state index contributed by atoms with van der Waals surface area (Å²) in [5, 5.41) is 13.3. The zero-order valence-corrected chi connectivity index (χ0v) is 18.9. The third-order valence-corrected chi connectivity index (χ3v) is 7.03. The van der Waals surface area contributed by atoms with Gasteiger partial charge in [0, 0.05) is 29.0 Å². The highest BCUT2D eigenvalue weighted by atomic mass is 32.1. The topological polar surface area (TPSA) is 96.7 Å². The average molecular weight is 442 g/mol. The van der Waals surface area contributed by atoms with Gasteiger partial charge in [-0.2, -0.15) is 5.10 Å². The predicted octanol–water partition coefficient (Wildman–Crippen LogP) is 5.28. The number of hydrogen-bond donors (Lipinski definition) is 3. The van der Waals surface area contributed by atoms with Crippen LogP contribution in [0.25, 0.3) is 32.2 Å². The summed E-state index contributed by atoms with van der Waals surface area (Å²) in [5.74, 6) is -0.194. The van der Waals surface area contributed by atoms with E-state index in [1.54, 1.807) is 0 Å². The van der Waals surface area contributed by atoms with Crippen LogP contribution in [0.15, 0.2) is 48.7 Å². The van der Waals surface area contributed by atoms with Crippen molar-refractivity contribution in [1.29, 1.82) is 0 Å². The predicted molar refractivity (Wildman–Crippen MR) is 131 cm³/mol. The van der Waals surface area contributed by atoms with Gasteiger partial charge in [-0.05, 0) is 66.8 Å². The van der Waals surface area contributed by atoms with Crippen molar-refractivity contribution in [2.24, 2.45) is 0 Å². The summed E-state index contributed by atoms with van der Waals surface area (Å²) in [6, 6.07) is 14.7. The van der Waals surface area contributed by atoms with E-state index in [-0.39, 0.29) is 5.91 Å². The molecule has 0 radical (unpaired) electrons. The number of aromatic amines is 1. The number of amides is 1. The Balaban J connectivity index is 1.33. The molecular formula is C25H23N5OS. The Labute approximate surface area is 189 Å². The molecule has 0 unspecified atom stereocenters. The fourth-order valence-electron chi connectivity index (χ4n) is 4.01. The molecule has 3 aromatic heterocycles. The first-order valence-electron chi connectivity index (χ1n) is 10.4. The molecule has 0 aliphatic carbocycles. The summed E-state index contributed by atoms with van der Waals surface area (Å²) in [6.45, 7) is 6.38. The van der Waals surface area contributed by atoms with E-state index in [0.717, 1.165) is 27.8 Å². The molecule has 5 rings (SSSR count). The molecule has 0 atom stereocenters. The Kier molecular flexibility index (Phi) is 4.90. The van der Waals surface area contributed by atoms with Gasteiger partial charge in [0.15, 0.2) is 0 Å². The van der Waals surface area contributed by atoms with Crippen LogP contribution in [-0.2, 0) is 6.54 Å². The van der Waals surface area contributed by atoms with Gasteiger partial charge < -0.3 is 16.0 Å². The van der Waals surface area contributed by atoms with Crippen molar-refractivity contribution >= 4 is 44.1 Å². The van der Waals surface area contributed by atoms with E-state index in [1.165, 1.54) is 33.4 Å². The molecule has 1 amide bonds. The molecule has 0 spiro atoms. The fourth-order valence-corrected chi connectivity index (χ4v) is 5.03. The minimum atomic E-state index is -0.194. The second-order valence-electron chi connectivity index (χ2n) is 8.05. The number of hydrogen-bond acceptors (Lipinski definition) is 5. The van der Waals surface area contributed by atoms with Crippen molar-refractivity contribution < 1.29 is 4.79 Å². The van der Waals surface area contributed by atoms with Gasteiger partial charge in [0.2, 0.25) is 0 Å². The van der Waals surface area contributed by atoms with E-state index in [4.69, 9.17) is 5.73 Å². The molecule has 0 saturated heterocycles. The number of rotatable bonds is 4. The van der Waals surface area contributed by atoms with Crippen LogP contribution in [0.3, 0.4) is 0 Å². The number of thiophene rings is 1. The molecule has 0 fully saturated rings. The van der Waals surface area contributed by atoms with Gasteiger partial charge in [0.25, 0.3) is 5.91 Å². The van der Waals surface area contributed by atoms with Gasteiger partial charge >= 0.3 is 0 Å². The number of benzene rings is 2. The maximum Gasteiger partial charge on any atom is 0.263 e. The molecule has 2 aromatic carbocycles. The largest absolute Gasteiger partial charge is 0.397 e. The van der Waals surface area contributed by atoms with E-state index >= 15 is 0 Å². The molecule has 7 heteroatoms. The van der Waals surface area contributed by atoms with Crippen LogP contribution in [0.2, 0.25) is 0 Å². The van der Waals surface area contributed by atoms with Crippen molar-refractivity contribution in [3.05, 3.63) is 75.9 Å². The zero-order chi connectivity index (χ0) is 22.4. The molecule has 4 N–H and O–H groups in total. The lowest BCUT2D eigenvalue weighted by Crippen LogP contribution is -2.22. The number of nitrogen functional groups attached to an aromatic ring is 1. The van der Waals surface area contributed by atoms with Crippen molar-refractivity contribution in [2.75, 3.05) is 5.73 Å². The minimum absolute atomic E-state index is 0.194. The van der Waals surface area contributed by atoms with Gasteiger partial charge in [0.05, 0.1) is 11.4 Å². The van der Waals surface area contributed by atoms with Crippen LogP contribution in [0.5, 0.6) is 0 Å². The van der Waals surface area contributed by atoms with Crippen molar-refractivity contribution in [3.8, 4) is 11.1 Å². The fraction of sp³-hybridized carbons (Fsp3) is 0.160. The molecule has 0 saturated carbocycles. The average Bonchev–Trinajstić information content (AvgIpc) is 3.40. The van der Waals surface area contributed by atoms with Gasteiger partial charge in [-0.1, -0.05) is 24.3 Å². The number of nitrogens with one attached hydrogen (secondary N) is 2. The Hall–Kier alpha value is -3.71. The maximum absolute atomic E-state index is 12.8. The first-order valence-corrected chi connectivity index (χ1v) is 11.2. The second kappa shape index (κ2) is 7.76. The summed E-state index contributed by atoms with van der Waals surface area (Å²) < 4.78 is 0. The third-order valence-electron chi connectivity index (χ3n) is 5.94. The molecule has 0 aliphatic heterocycles. The normalized spacial score (nSPS) is 11.3. The monoisotopic (exact) mass is 441 g/mol. The van der Waals surface area contributed by atoms with Gasteiger partial charge in [-0.3, -0.25) is 4.79 Å². The molecule has 3 heterocycles. The number of aryl methyl sites for hydroxylation is 3. The van der Waals surface area contributed by atoms with E-state index < -0.39 is 0 Å². The SMILES string of the molecule is Cc1nnc2sc(C(=O)NCc3ccc(-c4cc(C)c5[nH]ccc5c4)cc3)c(N)c2c1C. The molecule has 5 aromatic rings. The number of fused-ring (bicyclic) bond motifs is 2. The van der Waals surface area contributed by atoms with Crippen LogP contribution < -0.4 is 11.1 Å². The number of carbonyl (C=O) groups is 1. The second-order valence-corrected chi connectivity index (χ2v) is 9.05. The lowest BCUT2D eigenvalue weighted by Gasteiger charge is -2.08. The molecule has 6 nitrogen and oxygen atoms in total. The van der Waals surface area contributed by atoms with Gasteiger partial charge in [-0.25, -0.2) is 0 Å². The third kappa shape index (κ3) is 3.40. The Morgan fingerprint density at radius 2 is 1.84 bits per heavy atom. The molecular weight excluding hydrogens is 418 g/mol. The molecule has 0 bridgehead atoms. The number of nitrogens with two attached hydrogens (primary N) is 1. The highest BCUT2D eigenvalue weighted by Crippen LogP contribution is 2.34. The highest BCUT2D eigenvalue weighted by molar-refractivity contribution is 7.21. The van der Waals surface area contributed by atoms with Crippen LogP contribution in [0.4, 0.5) is 5.69 Å². The van der Waals surface area contributed by atoms with Crippen molar-refractivity contribution in [3.63, 3.8) is 0 Å². The highest BCUT2D eigenvalue weighted by Gasteiger charge is 2.19. The van der Waals surface area contributed by atoms with Crippen LogP contribution >= 0.6 is 11.3 Å². The zero-order valence-electron chi connectivity index (χ0n) is 18.1. The van der Waals surface area contributed by atoms with E-state index in [0.29, 0.717) is 21.9 Å². The lowest BCUT2D eigenvalue weighted by atomic mass is 10.00. The smallest absolute Gasteiger partial charge is 0.263 e. The van der Waals surface area contributed by atoms with Crippen molar-refractivity contribution in [2.45, 2.75) is 27.3 Å². The number of aromatic nitrogens is 3. The molecule has 0 aliphatic rings. The minimum Gasteiger partial charge on any atom is -0.397 e. The van der Waals surface area contributed by atoms with Gasteiger partial charge in [0.1, 0.15) is 9.71 Å². The standard InChI is InChI=1S/C25H23N5OS/c1-13-10-19(11-18-8-9-27-22(13)18)17-6-4-16(5-7-17)12-28-24(31)23-21(26)20-14(2)15(3)29-30-25(20)32-23/h4-11,27H,12,26H2,1-3H3,(H,28,31). The van der Waals surface area contributed by atoms with Crippen LogP contribution in [0, 0.1) is 20.8 Å². The van der Waals surface area contributed by atoms with E-state index in [2.05, 4.69) is 57.8 Å². The summed E-state index contributed by atoms with van der Waals surface area (Å²) >= 11 is 1.28. The Bertz CT molecular complexity index is 1480. The summed E-state index contributed by atoms with van der Waals surface area (Å²) in [5.41, 5.74) is 14.3. The summed E-state index contributed by atoms with van der Waals surface area (Å²) in [7, 11) is 0. The van der Waals surface area contributed by atoms with Crippen molar-refractivity contribution in [1.82, 2.24) is 20.5 Å². The Morgan fingerprint density at radius 1 is 1.06 bits per heavy atom. The van der Waals surface area contributed by atoms with Crippen LogP contribution in [0.1, 0.15) is 32.1 Å².